The predicted octanol–water partition coefficient (Wildman–Crippen LogP) is 1.69. The average molecular weight is 223 g/mol. The highest BCUT2D eigenvalue weighted by molar-refractivity contribution is 5.19. The van der Waals surface area contributed by atoms with E-state index in [1.807, 2.05) is 13.8 Å². The fraction of sp³-hybridized carbons (Fsp3) is 0.667. The second-order valence-electron chi connectivity index (χ2n) is 4.67. The summed E-state index contributed by atoms with van der Waals surface area (Å²) in [5, 5.41) is 3.34. The predicted molar refractivity (Wildman–Crippen MR) is 65.6 cm³/mol. The lowest BCUT2D eigenvalue weighted by atomic mass is 10.1. The largest absolute Gasteiger partial charge is 0.310 e. The molecule has 0 aromatic carbocycles. The summed E-state index contributed by atoms with van der Waals surface area (Å²) < 4.78 is 0. The standard InChI is InChI=1S/C12H21N3O/c1-7(2)6-13-8(3)11-9(4)14-10(5)15-12(11)16/h7-8,13H,6H2,1-5H3,(H,14,15,16). The first-order valence-electron chi connectivity index (χ1n) is 5.72. The van der Waals surface area contributed by atoms with Crippen molar-refractivity contribution in [3.63, 3.8) is 0 Å². The van der Waals surface area contributed by atoms with E-state index in [4.69, 9.17) is 0 Å². The van der Waals surface area contributed by atoms with Crippen LogP contribution in [0.25, 0.3) is 0 Å². The number of hydrogen-bond donors (Lipinski definition) is 2. The van der Waals surface area contributed by atoms with Gasteiger partial charge in [0, 0.05) is 11.7 Å². The van der Waals surface area contributed by atoms with Gasteiger partial charge in [-0.1, -0.05) is 13.8 Å². The van der Waals surface area contributed by atoms with Gasteiger partial charge < -0.3 is 10.3 Å². The molecule has 1 aromatic heterocycles. The van der Waals surface area contributed by atoms with Gasteiger partial charge in [0.1, 0.15) is 5.82 Å². The third-order valence-electron chi connectivity index (χ3n) is 2.53. The lowest BCUT2D eigenvalue weighted by Crippen LogP contribution is -2.30. The number of aromatic amines is 1. The Balaban J connectivity index is 2.91. The summed E-state index contributed by atoms with van der Waals surface area (Å²) in [6.07, 6.45) is 0. The van der Waals surface area contributed by atoms with E-state index in [2.05, 4.69) is 29.1 Å². The number of H-pyrrole nitrogens is 1. The zero-order valence-electron chi connectivity index (χ0n) is 10.7. The quantitative estimate of drug-likeness (QED) is 0.816. The van der Waals surface area contributed by atoms with Crippen LogP contribution in [0.2, 0.25) is 0 Å². The summed E-state index contributed by atoms with van der Waals surface area (Å²) in [7, 11) is 0. The van der Waals surface area contributed by atoms with Gasteiger partial charge in [-0.05, 0) is 33.2 Å². The minimum atomic E-state index is -0.0336. The number of hydrogen-bond acceptors (Lipinski definition) is 3. The molecule has 1 rings (SSSR count). The molecule has 0 bridgehead atoms. The van der Waals surface area contributed by atoms with E-state index in [1.54, 1.807) is 6.92 Å². The van der Waals surface area contributed by atoms with E-state index in [0.29, 0.717) is 11.7 Å². The number of aromatic nitrogens is 2. The normalized spacial score (nSPS) is 13.1. The van der Waals surface area contributed by atoms with Crippen molar-refractivity contribution in [2.75, 3.05) is 6.54 Å². The summed E-state index contributed by atoms with van der Waals surface area (Å²) >= 11 is 0. The van der Waals surface area contributed by atoms with Crippen LogP contribution < -0.4 is 10.9 Å². The van der Waals surface area contributed by atoms with Crippen LogP contribution >= 0.6 is 0 Å². The molecule has 4 nitrogen and oxygen atoms in total. The second-order valence-corrected chi connectivity index (χ2v) is 4.67. The number of nitrogens with one attached hydrogen (secondary N) is 2. The molecule has 0 aliphatic rings. The van der Waals surface area contributed by atoms with E-state index in [1.165, 1.54) is 0 Å². The number of rotatable bonds is 4. The fourth-order valence-electron chi connectivity index (χ4n) is 1.76. The van der Waals surface area contributed by atoms with Gasteiger partial charge in [0.05, 0.1) is 5.56 Å². The van der Waals surface area contributed by atoms with E-state index < -0.39 is 0 Å². The van der Waals surface area contributed by atoms with E-state index in [9.17, 15) is 4.79 Å². The van der Waals surface area contributed by atoms with Crippen LogP contribution in [0.4, 0.5) is 0 Å². The maximum atomic E-state index is 11.8. The third-order valence-corrected chi connectivity index (χ3v) is 2.53. The van der Waals surface area contributed by atoms with Gasteiger partial charge in [0.25, 0.3) is 5.56 Å². The second kappa shape index (κ2) is 5.25. The van der Waals surface area contributed by atoms with Gasteiger partial charge in [-0.15, -0.1) is 0 Å². The molecule has 0 radical (unpaired) electrons. The van der Waals surface area contributed by atoms with Crippen molar-refractivity contribution in [1.82, 2.24) is 15.3 Å². The Bertz CT molecular complexity index is 409. The monoisotopic (exact) mass is 223 g/mol. The molecule has 0 saturated heterocycles. The summed E-state index contributed by atoms with van der Waals surface area (Å²) in [6, 6.07) is 0.0410. The van der Waals surface area contributed by atoms with Gasteiger partial charge >= 0.3 is 0 Å². The van der Waals surface area contributed by atoms with Crippen LogP contribution in [0.15, 0.2) is 4.79 Å². The van der Waals surface area contributed by atoms with Gasteiger partial charge in [0.2, 0.25) is 0 Å². The first-order chi connectivity index (χ1) is 7.41. The van der Waals surface area contributed by atoms with Crippen molar-refractivity contribution >= 4 is 0 Å². The Morgan fingerprint density at radius 1 is 1.31 bits per heavy atom. The van der Waals surface area contributed by atoms with Crippen LogP contribution in [0.1, 0.15) is 43.9 Å². The maximum Gasteiger partial charge on any atom is 0.255 e. The van der Waals surface area contributed by atoms with Gasteiger partial charge in [0.15, 0.2) is 0 Å². The van der Waals surface area contributed by atoms with Crippen molar-refractivity contribution in [2.24, 2.45) is 5.92 Å². The zero-order valence-corrected chi connectivity index (χ0v) is 10.7. The van der Waals surface area contributed by atoms with Crippen molar-refractivity contribution in [3.8, 4) is 0 Å². The minimum absolute atomic E-state index is 0.0336. The fourth-order valence-corrected chi connectivity index (χ4v) is 1.76. The molecule has 0 aliphatic heterocycles. The summed E-state index contributed by atoms with van der Waals surface area (Å²) in [5.41, 5.74) is 1.52. The molecule has 0 spiro atoms. The highest BCUT2D eigenvalue weighted by Crippen LogP contribution is 2.10. The molecule has 2 N–H and O–H groups in total. The van der Waals surface area contributed by atoms with Crippen LogP contribution in [0.3, 0.4) is 0 Å². The van der Waals surface area contributed by atoms with Crippen LogP contribution in [0.5, 0.6) is 0 Å². The molecule has 0 fully saturated rings. The lowest BCUT2D eigenvalue weighted by Gasteiger charge is -2.16. The Morgan fingerprint density at radius 2 is 1.94 bits per heavy atom. The van der Waals surface area contributed by atoms with Crippen molar-refractivity contribution in [3.05, 3.63) is 27.4 Å². The van der Waals surface area contributed by atoms with Crippen LogP contribution in [0, 0.1) is 19.8 Å². The average Bonchev–Trinajstić information content (AvgIpc) is 2.12. The highest BCUT2D eigenvalue weighted by Gasteiger charge is 2.14. The Kier molecular flexibility index (Phi) is 4.24. The molecule has 1 atom stereocenters. The zero-order chi connectivity index (χ0) is 12.3. The number of aryl methyl sites for hydroxylation is 2. The third kappa shape index (κ3) is 3.17. The molecule has 4 heteroatoms. The van der Waals surface area contributed by atoms with E-state index in [-0.39, 0.29) is 11.6 Å². The Hall–Kier alpha value is -1.16. The summed E-state index contributed by atoms with van der Waals surface area (Å²) in [5.74, 6) is 1.24. The molecule has 90 valence electrons. The van der Waals surface area contributed by atoms with Gasteiger partial charge in [-0.3, -0.25) is 4.79 Å². The first-order valence-corrected chi connectivity index (χ1v) is 5.72. The van der Waals surface area contributed by atoms with Gasteiger partial charge in [-0.25, -0.2) is 4.98 Å². The molecule has 16 heavy (non-hydrogen) atoms. The topological polar surface area (TPSA) is 57.8 Å². The minimum Gasteiger partial charge on any atom is -0.310 e. The molecular weight excluding hydrogens is 202 g/mol. The SMILES string of the molecule is Cc1nc(C)c(C(C)NCC(C)C)c(=O)[nH]1. The highest BCUT2D eigenvalue weighted by atomic mass is 16.1. The van der Waals surface area contributed by atoms with Crippen molar-refractivity contribution in [2.45, 2.75) is 40.7 Å². The lowest BCUT2D eigenvalue weighted by molar-refractivity contribution is 0.491. The first kappa shape index (κ1) is 12.9. The van der Waals surface area contributed by atoms with E-state index >= 15 is 0 Å². The maximum absolute atomic E-state index is 11.8. The molecule has 0 amide bonds. The molecule has 0 aliphatic carbocycles. The Morgan fingerprint density at radius 3 is 2.44 bits per heavy atom. The van der Waals surface area contributed by atoms with Crippen LogP contribution in [-0.2, 0) is 0 Å². The molecule has 1 aromatic rings. The summed E-state index contributed by atoms with van der Waals surface area (Å²) in [6.45, 7) is 10.9. The smallest absolute Gasteiger partial charge is 0.255 e. The molecule has 1 unspecified atom stereocenters. The summed E-state index contributed by atoms with van der Waals surface area (Å²) in [4.78, 5) is 18.8. The number of nitrogens with zero attached hydrogens (tertiary/aromatic N) is 1. The molecule has 1 heterocycles. The molecule has 0 saturated carbocycles. The Labute approximate surface area is 96.5 Å². The molecular formula is C12H21N3O. The van der Waals surface area contributed by atoms with Gasteiger partial charge in [-0.2, -0.15) is 0 Å². The van der Waals surface area contributed by atoms with Crippen molar-refractivity contribution in [1.29, 1.82) is 0 Å². The van der Waals surface area contributed by atoms with E-state index in [0.717, 1.165) is 17.8 Å². The van der Waals surface area contributed by atoms with Crippen LogP contribution in [-0.4, -0.2) is 16.5 Å². The van der Waals surface area contributed by atoms with Crippen molar-refractivity contribution < 1.29 is 0 Å².